The zero-order chi connectivity index (χ0) is 20.6. The van der Waals surface area contributed by atoms with Gasteiger partial charge in [-0.05, 0) is 48.0 Å². The molecule has 0 heterocycles. The van der Waals surface area contributed by atoms with Crippen molar-refractivity contribution in [2.45, 2.75) is 20.4 Å². The summed E-state index contributed by atoms with van der Waals surface area (Å²) in [7, 11) is 0. The van der Waals surface area contributed by atoms with Crippen molar-refractivity contribution in [3.05, 3.63) is 90.0 Å². The van der Waals surface area contributed by atoms with Gasteiger partial charge in [0.15, 0.2) is 0 Å². The fourth-order valence-electron chi connectivity index (χ4n) is 2.60. The maximum atomic E-state index is 12.5. The molecule has 0 radical (unpaired) electrons. The molecule has 0 aliphatic carbocycles. The molecule has 5 heteroatoms. The highest BCUT2D eigenvalue weighted by atomic mass is 16.5. The van der Waals surface area contributed by atoms with Gasteiger partial charge in [-0.3, -0.25) is 9.59 Å². The van der Waals surface area contributed by atoms with Crippen molar-refractivity contribution in [2.24, 2.45) is 5.92 Å². The van der Waals surface area contributed by atoms with Crippen LogP contribution in [0.1, 0.15) is 29.8 Å². The van der Waals surface area contributed by atoms with Gasteiger partial charge in [0.25, 0.3) is 5.91 Å². The van der Waals surface area contributed by atoms with Crippen molar-refractivity contribution < 1.29 is 14.3 Å². The van der Waals surface area contributed by atoms with Crippen molar-refractivity contribution in [1.29, 1.82) is 0 Å². The number of hydrogen-bond acceptors (Lipinski definition) is 3. The van der Waals surface area contributed by atoms with Gasteiger partial charge in [0.1, 0.15) is 11.5 Å². The number of para-hydroxylation sites is 1. The van der Waals surface area contributed by atoms with E-state index in [4.69, 9.17) is 4.74 Å². The van der Waals surface area contributed by atoms with Gasteiger partial charge in [-0.25, -0.2) is 0 Å². The van der Waals surface area contributed by atoms with Crippen LogP contribution >= 0.6 is 0 Å². The average molecular weight is 388 g/mol. The average Bonchev–Trinajstić information content (AvgIpc) is 2.74. The molecule has 5 nitrogen and oxygen atoms in total. The summed E-state index contributed by atoms with van der Waals surface area (Å²) >= 11 is 0. The predicted octanol–water partition coefficient (Wildman–Crippen LogP) is 5.00. The molecule has 2 N–H and O–H groups in total. The van der Waals surface area contributed by atoms with Crippen molar-refractivity contribution >= 4 is 17.5 Å². The molecule has 0 bridgehead atoms. The minimum absolute atomic E-state index is 0.0244. The number of benzene rings is 3. The Kier molecular flexibility index (Phi) is 6.63. The van der Waals surface area contributed by atoms with Gasteiger partial charge < -0.3 is 15.4 Å². The van der Waals surface area contributed by atoms with Gasteiger partial charge in [-0.1, -0.05) is 50.2 Å². The normalized spacial score (nSPS) is 10.4. The van der Waals surface area contributed by atoms with Crippen LogP contribution in [-0.2, 0) is 11.3 Å². The van der Waals surface area contributed by atoms with Crippen LogP contribution < -0.4 is 15.4 Å². The van der Waals surface area contributed by atoms with Gasteiger partial charge in [-0.2, -0.15) is 0 Å². The van der Waals surface area contributed by atoms with E-state index < -0.39 is 0 Å². The monoisotopic (exact) mass is 388 g/mol. The van der Waals surface area contributed by atoms with Gasteiger partial charge in [0.2, 0.25) is 5.91 Å². The number of hydrogen-bond donors (Lipinski definition) is 2. The Bertz CT molecular complexity index is 967. The Labute approximate surface area is 170 Å². The van der Waals surface area contributed by atoms with Gasteiger partial charge in [0.05, 0.1) is 0 Å². The molecule has 0 saturated carbocycles. The summed E-state index contributed by atoms with van der Waals surface area (Å²) in [5, 5.41) is 5.75. The smallest absolute Gasteiger partial charge is 0.251 e. The van der Waals surface area contributed by atoms with Gasteiger partial charge >= 0.3 is 0 Å². The fraction of sp³-hybridized carbons (Fsp3) is 0.167. The van der Waals surface area contributed by atoms with E-state index in [9.17, 15) is 9.59 Å². The molecular weight excluding hydrogens is 364 g/mol. The SMILES string of the molecule is CC(C)C(=O)Nc1ccc(CNC(=O)c2cccc(Oc3ccccc3)c2)cc1. The van der Waals surface area contributed by atoms with Crippen LogP contribution in [0.4, 0.5) is 5.69 Å². The molecule has 0 atom stereocenters. The Hall–Kier alpha value is -3.60. The van der Waals surface area contributed by atoms with E-state index in [-0.39, 0.29) is 17.7 Å². The highest BCUT2D eigenvalue weighted by molar-refractivity contribution is 5.94. The van der Waals surface area contributed by atoms with E-state index in [1.54, 1.807) is 18.2 Å². The van der Waals surface area contributed by atoms with Crippen LogP contribution in [0.15, 0.2) is 78.9 Å². The number of amides is 2. The summed E-state index contributed by atoms with van der Waals surface area (Å²) in [6.07, 6.45) is 0. The highest BCUT2D eigenvalue weighted by Gasteiger charge is 2.09. The maximum Gasteiger partial charge on any atom is 0.251 e. The second-order valence-electron chi connectivity index (χ2n) is 6.97. The quantitative estimate of drug-likeness (QED) is 0.598. The summed E-state index contributed by atoms with van der Waals surface area (Å²) in [5.74, 6) is 1.05. The number of rotatable bonds is 7. The molecular formula is C24H24N2O3. The largest absolute Gasteiger partial charge is 0.457 e. The molecule has 3 aromatic carbocycles. The summed E-state index contributed by atoms with van der Waals surface area (Å²) in [5.41, 5.74) is 2.21. The molecule has 3 aromatic rings. The van der Waals surface area contributed by atoms with Crippen LogP contribution in [0.2, 0.25) is 0 Å². The minimum Gasteiger partial charge on any atom is -0.457 e. The lowest BCUT2D eigenvalue weighted by Crippen LogP contribution is -2.22. The van der Waals surface area contributed by atoms with E-state index >= 15 is 0 Å². The van der Waals surface area contributed by atoms with E-state index in [2.05, 4.69) is 10.6 Å². The molecule has 0 unspecified atom stereocenters. The lowest BCUT2D eigenvalue weighted by Gasteiger charge is -2.10. The topological polar surface area (TPSA) is 67.4 Å². The third-order valence-electron chi connectivity index (χ3n) is 4.27. The minimum atomic E-state index is -0.180. The standard InChI is InChI=1S/C24H24N2O3/c1-17(2)23(27)26-20-13-11-18(12-14-20)16-25-24(28)19-7-6-10-22(15-19)29-21-8-4-3-5-9-21/h3-15,17H,16H2,1-2H3,(H,25,28)(H,26,27). The van der Waals surface area contributed by atoms with Crippen LogP contribution in [-0.4, -0.2) is 11.8 Å². The van der Waals surface area contributed by atoms with Crippen LogP contribution in [0, 0.1) is 5.92 Å². The predicted molar refractivity (Wildman–Crippen MR) is 114 cm³/mol. The van der Waals surface area contributed by atoms with Crippen molar-refractivity contribution in [3.8, 4) is 11.5 Å². The van der Waals surface area contributed by atoms with Crippen molar-refractivity contribution in [2.75, 3.05) is 5.32 Å². The Balaban J connectivity index is 1.56. The first-order valence-electron chi connectivity index (χ1n) is 9.52. The Morgan fingerprint density at radius 2 is 1.55 bits per heavy atom. The van der Waals surface area contributed by atoms with Gasteiger partial charge in [-0.15, -0.1) is 0 Å². The number of carbonyl (C=O) groups is 2. The first-order valence-corrected chi connectivity index (χ1v) is 9.52. The number of nitrogens with one attached hydrogen (secondary N) is 2. The summed E-state index contributed by atoms with van der Waals surface area (Å²) in [6.45, 7) is 4.08. The first-order chi connectivity index (χ1) is 14.0. The van der Waals surface area contributed by atoms with E-state index in [1.165, 1.54) is 0 Å². The zero-order valence-corrected chi connectivity index (χ0v) is 16.5. The third-order valence-corrected chi connectivity index (χ3v) is 4.27. The maximum absolute atomic E-state index is 12.5. The van der Waals surface area contributed by atoms with Crippen LogP contribution in [0.25, 0.3) is 0 Å². The van der Waals surface area contributed by atoms with E-state index in [0.717, 1.165) is 17.0 Å². The Morgan fingerprint density at radius 1 is 0.862 bits per heavy atom. The third kappa shape index (κ3) is 5.94. The number of carbonyl (C=O) groups excluding carboxylic acids is 2. The van der Waals surface area contributed by atoms with E-state index in [0.29, 0.717) is 17.9 Å². The summed E-state index contributed by atoms with van der Waals surface area (Å²) in [6, 6.07) is 23.9. The molecule has 29 heavy (non-hydrogen) atoms. The molecule has 2 amide bonds. The molecule has 0 aliphatic rings. The molecule has 0 fully saturated rings. The Morgan fingerprint density at radius 3 is 2.24 bits per heavy atom. The highest BCUT2D eigenvalue weighted by Crippen LogP contribution is 2.21. The molecule has 0 spiro atoms. The van der Waals surface area contributed by atoms with Crippen LogP contribution in [0.3, 0.4) is 0 Å². The first kappa shape index (κ1) is 20.1. The number of ether oxygens (including phenoxy) is 1. The lowest BCUT2D eigenvalue weighted by molar-refractivity contribution is -0.118. The van der Waals surface area contributed by atoms with Gasteiger partial charge in [0, 0.05) is 23.7 Å². The summed E-state index contributed by atoms with van der Waals surface area (Å²) in [4.78, 5) is 24.2. The van der Waals surface area contributed by atoms with Crippen molar-refractivity contribution in [3.63, 3.8) is 0 Å². The second kappa shape index (κ2) is 9.55. The lowest BCUT2D eigenvalue weighted by atomic mass is 10.1. The fourth-order valence-corrected chi connectivity index (χ4v) is 2.60. The molecule has 0 saturated heterocycles. The van der Waals surface area contributed by atoms with Crippen molar-refractivity contribution in [1.82, 2.24) is 5.32 Å². The number of anilines is 1. The molecule has 0 aliphatic heterocycles. The zero-order valence-electron chi connectivity index (χ0n) is 16.5. The molecule has 148 valence electrons. The molecule has 0 aromatic heterocycles. The summed E-state index contributed by atoms with van der Waals surface area (Å²) < 4.78 is 5.78. The second-order valence-corrected chi connectivity index (χ2v) is 6.97. The van der Waals surface area contributed by atoms with Crippen LogP contribution in [0.5, 0.6) is 11.5 Å². The van der Waals surface area contributed by atoms with E-state index in [1.807, 2.05) is 74.5 Å². The molecule has 3 rings (SSSR count).